The molecule has 0 spiro atoms. The molecule has 0 aliphatic carbocycles. The first-order chi connectivity index (χ1) is 10.2. The topological polar surface area (TPSA) is 49.3 Å². The van der Waals surface area contributed by atoms with Crippen LogP contribution < -0.4 is 4.90 Å². The third-order valence-corrected chi connectivity index (χ3v) is 4.54. The number of halogens is 1. The third-order valence-electron chi connectivity index (χ3n) is 3.67. The quantitative estimate of drug-likeness (QED) is 0.867. The van der Waals surface area contributed by atoms with E-state index in [2.05, 4.69) is 9.59 Å². The van der Waals surface area contributed by atoms with Gasteiger partial charge in [-0.3, -0.25) is 9.69 Å². The molecule has 0 bridgehead atoms. The number of anilines is 1. The van der Waals surface area contributed by atoms with E-state index in [1.807, 2.05) is 41.6 Å². The molecule has 0 N–H and O–H groups in total. The summed E-state index contributed by atoms with van der Waals surface area (Å²) in [4.78, 5) is 16.4. The predicted molar refractivity (Wildman–Crippen MR) is 83.6 cm³/mol. The highest BCUT2D eigenvalue weighted by molar-refractivity contribution is 7.03. The van der Waals surface area contributed by atoms with Gasteiger partial charge in [0.25, 0.3) is 0 Å². The lowest BCUT2D eigenvalue weighted by Crippen LogP contribution is -2.39. The number of aromatic nitrogens is 2. The number of likely N-dealkylation sites (N-methyl/N-ethyl adjacent to an activating group) is 1. The second kappa shape index (κ2) is 6.09. The van der Waals surface area contributed by atoms with Crippen molar-refractivity contribution in [2.75, 3.05) is 18.5 Å². The first kappa shape index (κ1) is 14.4. The van der Waals surface area contributed by atoms with E-state index in [0.29, 0.717) is 18.1 Å². The first-order valence-electron chi connectivity index (χ1n) is 6.69. The molecule has 1 atom stereocenters. The van der Waals surface area contributed by atoms with Gasteiger partial charge in [-0.05, 0) is 37.1 Å². The van der Waals surface area contributed by atoms with Crippen LogP contribution in [0.1, 0.15) is 12.1 Å². The number of hydrogen-bond donors (Lipinski definition) is 0. The fraction of sp³-hybridized carbons (Fsp3) is 0.357. The average molecular weight is 323 g/mol. The minimum Gasteiger partial charge on any atom is -0.310 e. The summed E-state index contributed by atoms with van der Waals surface area (Å²) in [7, 11) is 1.94. The van der Waals surface area contributed by atoms with E-state index in [1.165, 1.54) is 11.5 Å². The zero-order valence-corrected chi connectivity index (χ0v) is 13.1. The highest BCUT2D eigenvalue weighted by Gasteiger charge is 2.36. The molecule has 1 aliphatic heterocycles. The highest BCUT2D eigenvalue weighted by Crippen LogP contribution is 2.30. The number of carbonyl (C=O) groups excluding carboxylic acids is 1. The molecule has 1 saturated heterocycles. The van der Waals surface area contributed by atoms with Crippen LogP contribution in [0.2, 0.25) is 5.02 Å². The minimum absolute atomic E-state index is 0.0915. The van der Waals surface area contributed by atoms with Gasteiger partial charge < -0.3 is 4.90 Å². The summed E-state index contributed by atoms with van der Waals surface area (Å²) in [6, 6.07) is 7.32. The Kier molecular flexibility index (Phi) is 4.19. The fourth-order valence-electron chi connectivity index (χ4n) is 2.60. The van der Waals surface area contributed by atoms with Gasteiger partial charge in [0.2, 0.25) is 5.91 Å². The second-order valence-electron chi connectivity index (χ2n) is 5.06. The summed E-state index contributed by atoms with van der Waals surface area (Å²) in [5.74, 6) is 0.0915. The summed E-state index contributed by atoms with van der Waals surface area (Å²) in [6.45, 7) is 1.32. The molecule has 0 radical (unpaired) electrons. The Morgan fingerprint density at radius 3 is 3.00 bits per heavy atom. The molecule has 1 aromatic heterocycles. The summed E-state index contributed by atoms with van der Waals surface area (Å²) in [5, 5.41) is 6.54. The zero-order valence-electron chi connectivity index (χ0n) is 11.6. The van der Waals surface area contributed by atoms with Crippen LogP contribution in [0.25, 0.3) is 0 Å². The highest BCUT2D eigenvalue weighted by atomic mass is 35.5. The van der Waals surface area contributed by atoms with Crippen LogP contribution in [-0.4, -0.2) is 40.0 Å². The summed E-state index contributed by atoms with van der Waals surface area (Å²) in [6.07, 6.45) is 0.790. The van der Waals surface area contributed by atoms with Gasteiger partial charge in [0.15, 0.2) is 0 Å². The van der Waals surface area contributed by atoms with Crippen molar-refractivity contribution >= 4 is 34.7 Å². The van der Waals surface area contributed by atoms with E-state index in [-0.39, 0.29) is 11.9 Å². The Morgan fingerprint density at radius 2 is 2.29 bits per heavy atom. The molecule has 0 unspecified atom stereocenters. The predicted octanol–water partition coefficient (Wildman–Crippen LogP) is 2.43. The van der Waals surface area contributed by atoms with Crippen LogP contribution in [-0.2, 0) is 11.3 Å². The SMILES string of the molecule is CN(Cc1csnn1)[C@H]1CCN(c2ccccc2Cl)C1=O. The van der Waals surface area contributed by atoms with Crippen LogP contribution >= 0.6 is 23.1 Å². The van der Waals surface area contributed by atoms with E-state index in [9.17, 15) is 4.79 Å². The van der Waals surface area contributed by atoms with Gasteiger partial charge in [-0.25, -0.2) is 0 Å². The van der Waals surface area contributed by atoms with E-state index in [0.717, 1.165) is 17.8 Å². The minimum atomic E-state index is -0.136. The van der Waals surface area contributed by atoms with Crippen LogP contribution in [0.3, 0.4) is 0 Å². The van der Waals surface area contributed by atoms with Gasteiger partial charge in [-0.2, -0.15) is 0 Å². The third kappa shape index (κ3) is 2.92. The molecule has 7 heteroatoms. The lowest BCUT2D eigenvalue weighted by molar-refractivity contribution is -0.121. The fourth-order valence-corrected chi connectivity index (χ4v) is 3.28. The van der Waals surface area contributed by atoms with E-state index in [1.54, 1.807) is 4.90 Å². The lowest BCUT2D eigenvalue weighted by Gasteiger charge is -2.23. The summed E-state index contributed by atoms with van der Waals surface area (Å²) < 4.78 is 3.85. The largest absolute Gasteiger partial charge is 0.310 e. The Labute approximate surface area is 132 Å². The van der Waals surface area contributed by atoms with Crippen LogP contribution in [0.4, 0.5) is 5.69 Å². The van der Waals surface area contributed by atoms with Crippen LogP contribution in [0, 0.1) is 0 Å². The maximum atomic E-state index is 12.6. The van der Waals surface area contributed by atoms with E-state index < -0.39 is 0 Å². The second-order valence-corrected chi connectivity index (χ2v) is 6.07. The Balaban J connectivity index is 1.73. The number of para-hydroxylation sites is 1. The number of hydrogen-bond acceptors (Lipinski definition) is 5. The molecule has 1 amide bonds. The number of benzene rings is 1. The molecule has 110 valence electrons. The van der Waals surface area contributed by atoms with Crippen molar-refractivity contribution in [2.45, 2.75) is 19.0 Å². The Hall–Kier alpha value is -1.50. The average Bonchev–Trinajstić information content (AvgIpc) is 3.09. The van der Waals surface area contributed by atoms with Crippen molar-refractivity contribution in [3.05, 3.63) is 40.4 Å². The zero-order chi connectivity index (χ0) is 14.8. The molecule has 2 aromatic rings. The van der Waals surface area contributed by atoms with Crippen LogP contribution in [0.15, 0.2) is 29.6 Å². The van der Waals surface area contributed by atoms with Crippen molar-refractivity contribution in [2.24, 2.45) is 0 Å². The van der Waals surface area contributed by atoms with Gasteiger partial charge in [-0.1, -0.05) is 28.2 Å². The monoisotopic (exact) mass is 322 g/mol. The van der Waals surface area contributed by atoms with Gasteiger partial charge >= 0.3 is 0 Å². The molecule has 2 heterocycles. The van der Waals surface area contributed by atoms with Crippen molar-refractivity contribution in [3.63, 3.8) is 0 Å². The molecule has 1 fully saturated rings. The standard InChI is InChI=1S/C14H15ClN4OS/c1-18(8-10-9-21-17-16-10)13-6-7-19(14(13)20)12-5-3-2-4-11(12)15/h2-5,9,13H,6-8H2,1H3/t13-/m0/s1. The van der Waals surface area contributed by atoms with Gasteiger partial charge in [0.05, 0.1) is 22.4 Å². The molecule has 21 heavy (non-hydrogen) atoms. The van der Waals surface area contributed by atoms with Crippen LogP contribution in [0.5, 0.6) is 0 Å². The maximum Gasteiger partial charge on any atom is 0.244 e. The summed E-state index contributed by atoms with van der Waals surface area (Å²) in [5.41, 5.74) is 1.68. The van der Waals surface area contributed by atoms with Crippen molar-refractivity contribution in [1.82, 2.24) is 14.5 Å². The normalized spacial score (nSPS) is 18.7. The number of nitrogens with zero attached hydrogens (tertiary/aromatic N) is 4. The van der Waals surface area contributed by atoms with E-state index in [4.69, 9.17) is 11.6 Å². The van der Waals surface area contributed by atoms with Gasteiger partial charge in [0.1, 0.15) is 0 Å². The smallest absolute Gasteiger partial charge is 0.244 e. The van der Waals surface area contributed by atoms with E-state index >= 15 is 0 Å². The van der Waals surface area contributed by atoms with Gasteiger partial charge in [-0.15, -0.1) is 5.10 Å². The molecule has 3 rings (SSSR count). The number of carbonyl (C=O) groups is 1. The van der Waals surface area contributed by atoms with Crippen molar-refractivity contribution in [3.8, 4) is 0 Å². The Morgan fingerprint density at radius 1 is 1.48 bits per heavy atom. The molecule has 1 aliphatic rings. The lowest BCUT2D eigenvalue weighted by atomic mass is 10.2. The molecular weight excluding hydrogens is 308 g/mol. The molecule has 5 nitrogen and oxygen atoms in total. The first-order valence-corrected chi connectivity index (χ1v) is 7.90. The molecular formula is C14H15ClN4OS. The van der Waals surface area contributed by atoms with Gasteiger partial charge in [0, 0.05) is 18.5 Å². The number of amides is 1. The maximum absolute atomic E-state index is 12.6. The van der Waals surface area contributed by atoms with Crippen molar-refractivity contribution in [1.29, 1.82) is 0 Å². The number of rotatable bonds is 4. The summed E-state index contributed by atoms with van der Waals surface area (Å²) >= 11 is 7.51. The molecule has 1 aromatic carbocycles. The Bertz CT molecular complexity index is 634. The van der Waals surface area contributed by atoms with Crippen molar-refractivity contribution < 1.29 is 4.79 Å². The molecule has 0 saturated carbocycles.